The zero-order chi connectivity index (χ0) is 15.7. The number of hydrogen-bond donors (Lipinski definition) is 5. The number of benzene rings is 2. The molecule has 0 aromatic heterocycles. The lowest BCUT2D eigenvalue weighted by Crippen LogP contribution is -2.56. The Bertz CT molecular complexity index is 638. The molecule has 0 radical (unpaired) electrons. The molecule has 1 heterocycles. The zero-order valence-corrected chi connectivity index (χ0v) is 12.5. The lowest BCUT2D eigenvalue weighted by molar-refractivity contribution is 0.331. The van der Waals surface area contributed by atoms with E-state index in [0.717, 1.165) is 37.6 Å². The highest BCUT2D eigenvalue weighted by Crippen LogP contribution is 2.42. The van der Waals surface area contributed by atoms with Crippen LogP contribution in [-0.2, 0) is 0 Å². The Morgan fingerprint density at radius 1 is 0.727 bits per heavy atom. The number of nitrogens with one attached hydrogen (secondary N) is 1. The third-order valence-electron chi connectivity index (χ3n) is 4.37. The quantitative estimate of drug-likeness (QED) is 0.423. The van der Waals surface area contributed by atoms with E-state index in [2.05, 4.69) is 5.32 Å². The fourth-order valence-corrected chi connectivity index (χ4v) is 3.31. The fraction of sp³-hybridized carbons (Fsp3) is 0.250. The number of nitrogens with two attached hydrogens (primary N) is 4. The minimum atomic E-state index is 0.616. The summed E-state index contributed by atoms with van der Waals surface area (Å²) < 4.78 is 0.616. The molecule has 22 heavy (non-hydrogen) atoms. The van der Waals surface area contributed by atoms with Gasteiger partial charge in [0.1, 0.15) is 13.1 Å². The van der Waals surface area contributed by atoms with E-state index < -0.39 is 0 Å². The SMILES string of the molecule is Nc1ccc([N+]2(c3ccc(N)cc3N)CCNCC2)c(N)c1. The van der Waals surface area contributed by atoms with E-state index in [1.54, 1.807) is 0 Å². The van der Waals surface area contributed by atoms with Crippen molar-refractivity contribution in [3.63, 3.8) is 0 Å². The highest BCUT2D eigenvalue weighted by atomic mass is 15.4. The second-order valence-corrected chi connectivity index (χ2v) is 5.80. The maximum Gasteiger partial charge on any atom is 0.161 e. The molecule has 0 saturated carbocycles. The van der Waals surface area contributed by atoms with E-state index in [9.17, 15) is 0 Å². The van der Waals surface area contributed by atoms with Gasteiger partial charge in [0.15, 0.2) is 11.4 Å². The zero-order valence-electron chi connectivity index (χ0n) is 12.5. The Balaban J connectivity index is 2.20. The summed E-state index contributed by atoms with van der Waals surface area (Å²) in [6.45, 7) is 3.55. The molecule has 6 heteroatoms. The largest absolute Gasteiger partial charge is 0.399 e. The van der Waals surface area contributed by atoms with E-state index in [1.165, 1.54) is 0 Å². The standard InChI is InChI=1S/C16H23N6/c17-11-1-3-15(13(19)9-11)22(7-5-21-6-8-22)16-4-2-12(18)10-14(16)20/h1-4,9-10,21H,5-8,17-20H2/q+1. The summed E-state index contributed by atoms with van der Waals surface area (Å²) in [5.41, 5.74) is 29.0. The average molecular weight is 299 g/mol. The van der Waals surface area contributed by atoms with Crippen molar-refractivity contribution < 1.29 is 0 Å². The first kappa shape index (κ1) is 14.5. The molecule has 6 nitrogen and oxygen atoms in total. The van der Waals surface area contributed by atoms with Crippen LogP contribution in [0.1, 0.15) is 0 Å². The van der Waals surface area contributed by atoms with Gasteiger partial charge in [0.25, 0.3) is 0 Å². The molecule has 116 valence electrons. The molecular formula is C16H23N6+. The molecule has 2 aromatic carbocycles. The van der Waals surface area contributed by atoms with Gasteiger partial charge in [-0.2, -0.15) is 0 Å². The number of piperazine rings is 1. The van der Waals surface area contributed by atoms with Gasteiger partial charge in [0.2, 0.25) is 0 Å². The van der Waals surface area contributed by atoms with Crippen LogP contribution in [-0.4, -0.2) is 26.2 Å². The van der Waals surface area contributed by atoms with Crippen LogP contribution in [0.15, 0.2) is 36.4 Å². The molecule has 1 aliphatic heterocycles. The first-order valence-corrected chi connectivity index (χ1v) is 7.42. The van der Waals surface area contributed by atoms with E-state index in [1.807, 2.05) is 36.4 Å². The molecule has 1 aliphatic rings. The van der Waals surface area contributed by atoms with E-state index in [-0.39, 0.29) is 0 Å². The fourth-order valence-electron chi connectivity index (χ4n) is 3.31. The topological polar surface area (TPSA) is 116 Å². The van der Waals surface area contributed by atoms with Crippen molar-refractivity contribution in [1.29, 1.82) is 0 Å². The van der Waals surface area contributed by atoms with Crippen LogP contribution in [0, 0.1) is 0 Å². The number of nitrogen functional groups attached to an aromatic ring is 4. The van der Waals surface area contributed by atoms with Gasteiger partial charge < -0.3 is 28.3 Å². The summed E-state index contributed by atoms with van der Waals surface area (Å²) in [6, 6.07) is 11.4. The lowest BCUT2D eigenvalue weighted by Gasteiger charge is -2.42. The van der Waals surface area contributed by atoms with Gasteiger partial charge in [-0.1, -0.05) is 0 Å². The predicted octanol–water partition coefficient (Wildman–Crippen LogP) is 1.26. The molecule has 9 N–H and O–H groups in total. The van der Waals surface area contributed by atoms with Gasteiger partial charge in [0.05, 0.1) is 11.4 Å². The maximum atomic E-state index is 6.27. The van der Waals surface area contributed by atoms with E-state index >= 15 is 0 Å². The van der Waals surface area contributed by atoms with Crippen molar-refractivity contribution in [2.45, 2.75) is 0 Å². The molecule has 0 spiro atoms. The van der Waals surface area contributed by atoms with E-state index in [0.29, 0.717) is 27.2 Å². The Kier molecular flexibility index (Phi) is 3.56. The molecular weight excluding hydrogens is 276 g/mol. The monoisotopic (exact) mass is 299 g/mol. The number of hydrogen-bond acceptors (Lipinski definition) is 5. The first-order chi connectivity index (χ1) is 10.5. The number of nitrogens with zero attached hydrogens (tertiary/aromatic N) is 1. The van der Waals surface area contributed by atoms with Crippen molar-refractivity contribution in [3.05, 3.63) is 36.4 Å². The van der Waals surface area contributed by atoms with Crippen LogP contribution < -0.4 is 32.7 Å². The van der Waals surface area contributed by atoms with Gasteiger partial charge in [-0.3, -0.25) is 4.48 Å². The Morgan fingerprint density at radius 2 is 1.18 bits per heavy atom. The van der Waals surface area contributed by atoms with Crippen LogP contribution in [0.4, 0.5) is 34.1 Å². The average Bonchev–Trinajstić information content (AvgIpc) is 2.47. The van der Waals surface area contributed by atoms with Gasteiger partial charge in [-0.15, -0.1) is 0 Å². The molecule has 3 rings (SSSR count). The van der Waals surface area contributed by atoms with Crippen molar-refractivity contribution >= 4 is 34.1 Å². The lowest BCUT2D eigenvalue weighted by atomic mass is 10.1. The summed E-state index contributed by atoms with van der Waals surface area (Å²) in [5.74, 6) is 0. The summed E-state index contributed by atoms with van der Waals surface area (Å²) in [4.78, 5) is 0. The van der Waals surface area contributed by atoms with E-state index in [4.69, 9.17) is 22.9 Å². The van der Waals surface area contributed by atoms with Crippen LogP contribution in [0.25, 0.3) is 0 Å². The van der Waals surface area contributed by atoms with Crippen LogP contribution in [0.3, 0.4) is 0 Å². The molecule has 0 atom stereocenters. The smallest absolute Gasteiger partial charge is 0.161 e. The molecule has 1 fully saturated rings. The van der Waals surface area contributed by atoms with Crippen molar-refractivity contribution in [1.82, 2.24) is 9.80 Å². The van der Waals surface area contributed by atoms with Crippen LogP contribution in [0.2, 0.25) is 0 Å². The highest BCUT2D eigenvalue weighted by molar-refractivity contribution is 5.80. The summed E-state index contributed by atoms with van der Waals surface area (Å²) in [6.07, 6.45) is 0. The Labute approximate surface area is 130 Å². The molecule has 0 amide bonds. The van der Waals surface area contributed by atoms with Crippen LogP contribution >= 0.6 is 0 Å². The number of rotatable bonds is 2. The molecule has 1 saturated heterocycles. The summed E-state index contributed by atoms with van der Waals surface area (Å²) >= 11 is 0. The molecule has 0 aliphatic carbocycles. The number of anilines is 4. The Hall–Kier alpha value is -2.44. The second-order valence-electron chi connectivity index (χ2n) is 5.80. The molecule has 0 bridgehead atoms. The van der Waals surface area contributed by atoms with Gasteiger partial charge in [0, 0.05) is 36.6 Å². The van der Waals surface area contributed by atoms with Crippen molar-refractivity contribution in [2.75, 3.05) is 49.1 Å². The van der Waals surface area contributed by atoms with Crippen LogP contribution in [0.5, 0.6) is 0 Å². The molecule has 0 unspecified atom stereocenters. The second kappa shape index (κ2) is 5.40. The Morgan fingerprint density at radius 3 is 1.59 bits per heavy atom. The van der Waals surface area contributed by atoms with Gasteiger partial charge >= 0.3 is 0 Å². The normalized spacial score (nSPS) is 17.3. The summed E-state index contributed by atoms with van der Waals surface area (Å²) in [5, 5.41) is 3.39. The highest BCUT2D eigenvalue weighted by Gasteiger charge is 2.38. The number of quaternary nitrogens is 1. The van der Waals surface area contributed by atoms with Gasteiger partial charge in [-0.05, 0) is 24.3 Å². The minimum absolute atomic E-state index is 0.616. The molecule has 2 aromatic rings. The first-order valence-electron chi connectivity index (χ1n) is 7.42. The van der Waals surface area contributed by atoms with Crippen molar-refractivity contribution in [3.8, 4) is 0 Å². The minimum Gasteiger partial charge on any atom is -0.399 e. The third-order valence-corrected chi connectivity index (χ3v) is 4.37. The van der Waals surface area contributed by atoms with Gasteiger partial charge in [-0.25, -0.2) is 0 Å². The summed E-state index contributed by atoms with van der Waals surface area (Å²) in [7, 11) is 0. The predicted molar refractivity (Wildman–Crippen MR) is 94.6 cm³/mol. The third kappa shape index (κ3) is 2.32. The van der Waals surface area contributed by atoms with Crippen molar-refractivity contribution in [2.24, 2.45) is 0 Å². The maximum absolute atomic E-state index is 6.27.